The van der Waals surface area contributed by atoms with Gasteiger partial charge in [0.1, 0.15) is 0 Å². The highest BCUT2D eigenvalue weighted by molar-refractivity contribution is 7.26. The van der Waals surface area contributed by atoms with Crippen molar-refractivity contribution in [3.63, 3.8) is 0 Å². The van der Waals surface area contributed by atoms with Crippen LogP contribution in [0.2, 0.25) is 0 Å². The lowest BCUT2D eigenvalue weighted by molar-refractivity contribution is 1.22. The zero-order valence-corrected chi connectivity index (χ0v) is 29.2. The van der Waals surface area contributed by atoms with Crippen molar-refractivity contribution in [2.45, 2.75) is 0 Å². The summed E-state index contributed by atoms with van der Waals surface area (Å²) < 4.78 is 2.51. The number of aromatic nitrogens is 4. The summed E-state index contributed by atoms with van der Waals surface area (Å²) in [5.41, 5.74) is 8.39. The number of nitrogens with zero attached hydrogens (tertiary/aromatic N) is 4. The molecule has 0 aliphatic carbocycles. The van der Waals surface area contributed by atoms with Crippen LogP contribution >= 0.6 is 11.3 Å². The van der Waals surface area contributed by atoms with E-state index in [1.54, 1.807) is 12.4 Å². The molecule has 6 aromatic carbocycles. The SMILES string of the molecule is c1ccc(-c2cc(-c3ccc4c(c3)nc(-c3ccc5c6ccccc6c6ccccc6c5c3)c3c5ccccc5sc43)cc(-c3ccccn3)n2)nc1. The van der Waals surface area contributed by atoms with Crippen LogP contribution in [0.5, 0.6) is 0 Å². The lowest BCUT2D eigenvalue weighted by atomic mass is 9.92. The Bertz CT molecular complexity index is 3130. The monoisotopic (exact) mass is 692 g/mol. The van der Waals surface area contributed by atoms with Gasteiger partial charge in [-0.25, -0.2) is 9.97 Å². The summed E-state index contributed by atoms with van der Waals surface area (Å²) in [6.07, 6.45) is 3.61. The van der Waals surface area contributed by atoms with Crippen LogP contribution in [0.25, 0.3) is 109 Å². The predicted molar refractivity (Wildman–Crippen MR) is 222 cm³/mol. The Morgan fingerprint density at radius 2 is 0.906 bits per heavy atom. The Morgan fingerprint density at radius 1 is 0.358 bits per heavy atom. The number of hydrogen-bond donors (Lipinski definition) is 0. The fourth-order valence-electron chi connectivity index (χ4n) is 7.89. The smallest absolute Gasteiger partial charge is 0.0900 e. The minimum absolute atomic E-state index is 0.799. The molecule has 5 aromatic heterocycles. The maximum absolute atomic E-state index is 5.56. The molecule has 0 N–H and O–H groups in total. The van der Waals surface area contributed by atoms with E-state index in [9.17, 15) is 0 Å². The van der Waals surface area contributed by atoms with E-state index in [2.05, 4.69) is 131 Å². The van der Waals surface area contributed by atoms with E-state index in [0.717, 1.165) is 56.1 Å². The number of hydrogen-bond acceptors (Lipinski definition) is 5. The third-order valence-electron chi connectivity index (χ3n) is 10.3. The quantitative estimate of drug-likeness (QED) is 0.172. The van der Waals surface area contributed by atoms with Crippen molar-refractivity contribution < 1.29 is 0 Å². The summed E-state index contributed by atoms with van der Waals surface area (Å²) >= 11 is 1.84. The summed E-state index contributed by atoms with van der Waals surface area (Å²) in [6.45, 7) is 0. The third-order valence-corrected chi connectivity index (χ3v) is 11.5. The van der Waals surface area contributed by atoms with E-state index >= 15 is 0 Å². The summed E-state index contributed by atoms with van der Waals surface area (Å²) in [4.78, 5) is 19.8. The Balaban J connectivity index is 1.17. The van der Waals surface area contributed by atoms with Gasteiger partial charge in [-0.1, -0.05) is 103 Å². The maximum atomic E-state index is 5.56. The van der Waals surface area contributed by atoms with Crippen molar-refractivity contribution >= 4 is 74.7 Å². The highest BCUT2D eigenvalue weighted by atomic mass is 32.1. The molecule has 0 spiro atoms. The van der Waals surface area contributed by atoms with Crippen molar-refractivity contribution in [1.29, 1.82) is 0 Å². The molecule has 11 rings (SSSR count). The normalized spacial score (nSPS) is 11.8. The Hall–Kier alpha value is -6.82. The molecule has 5 heterocycles. The maximum Gasteiger partial charge on any atom is 0.0900 e. The van der Waals surface area contributed by atoms with Gasteiger partial charge in [-0.3, -0.25) is 9.97 Å². The first-order chi connectivity index (χ1) is 26.3. The van der Waals surface area contributed by atoms with Gasteiger partial charge in [0.05, 0.1) is 34.0 Å². The molecule has 0 fully saturated rings. The number of benzene rings is 6. The molecule has 11 aromatic rings. The average molecular weight is 693 g/mol. The first kappa shape index (κ1) is 29.9. The Kier molecular flexibility index (Phi) is 6.69. The van der Waals surface area contributed by atoms with Gasteiger partial charge < -0.3 is 0 Å². The van der Waals surface area contributed by atoms with Crippen molar-refractivity contribution in [3.8, 4) is 45.2 Å². The molecular weight excluding hydrogens is 665 g/mol. The van der Waals surface area contributed by atoms with E-state index < -0.39 is 0 Å². The molecule has 0 saturated heterocycles. The van der Waals surface area contributed by atoms with Crippen LogP contribution in [0.4, 0.5) is 0 Å². The number of rotatable bonds is 4. The minimum Gasteiger partial charge on any atom is -0.255 e. The lowest BCUT2D eigenvalue weighted by Gasteiger charge is -2.14. The molecule has 5 heteroatoms. The zero-order chi connectivity index (χ0) is 34.9. The number of pyridine rings is 4. The largest absolute Gasteiger partial charge is 0.255 e. The molecule has 0 unspecified atom stereocenters. The summed E-state index contributed by atoms with van der Waals surface area (Å²) in [6, 6.07) is 55.9. The van der Waals surface area contributed by atoms with Gasteiger partial charge in [-0.2, -0.15) is 0 Å². The van der Waals surface area contributed by atoms with Crippen molar-refractivity contribution in [2.24, 2.45) is 0 Å². The topological polar surface area (TPSA) is 51.6 Å². The Morgan fingerprint density at radius 3 is 1.55 bits per heavy atom. The van der Waals surface area contributed by atoms with E-state index in [4.69, 9.17) is 9.97 Å². The van der Waals surface area contributed by atoms with Crippen LogP contribution in [0.1, 0.15) is 0 Å². The summed E-state index contributed by atoms with van der Waals surface area (Å²) in [5, 5.41) is 11.1. The first-order valence-electron chi connectivity index (χ1n) is 17.7. The van der Waals surface area contributed by atoms with Gasteiger partial charge in [0, 0.05) is 43.5 Å². The highest BCUT2D eigenvalue weighted by Gasteiger charge is 2.19. The van der Waals surface area contributed by atoms with Crippen molar-refractivity contribution in [3.05, 3.63) is 170 Å². The standard InChI is InChI=1S/C48H28N4S/c1-2-13-34-32(11-1)33-12-3-4-14-35(33)39-25-30(20-21-36(34)39)47-46-38-15-5-6-18-45(38)53-48(46)37-22-19-29(26-42(37)52-47)31-27-43(40-16-7-9-23-49-40)51-44(28-31)41-17-8-10-24-50-41/h1-28H. The van der Waals surface area contributed by atoms with Crippen LogP contribution in [-0.2, 0) is 0 Å². The second kappa shape index (κ2) is 11.9. The molecule has 0 radical (unpaired) electrons. The average Bonchev–Trinajstić information content (AvgIpc) is 3.64. The van der Waals surface area contributed by atoms with Crippen LogP contribution in [0.15, 0.2) is 170 Å². The molecule has 53 heavy (non-hydrogen) atoms. The van der Waals surface area contributed by atoms with E-state index in [-0.39, 0.29) is 0 Å². The molecule has 0 amide bonds. The molecule has 0 atom stereocenters. The fraction of sp³-hybridized carbons (Fsp3) is 0. The fourth-order valence-corrected chi connectivity index (χ4v) is 9.13. The molecular formula is C48H28N4S. The van der Waals surface area contributed by atoms with Gasteiger partial charge in [0.25, 0.3) is 0 Å². The van der Waals surface area contributed by atoms with Crippen LogP contribution < -0.4 is 0 Å². The van der Waals surface area contributed by atoms with Gasteiger partial charge >= 0.3 is 0 Å². The highest BCUT2D eigenvalue weighted by Crippen LogP contribution is 2.45. The summed E-state index contributed by atoms with van der Waals surface area (Å²) in [5.74, 6) is 0. The van der Waals surface area contributed by atoms with Crippen LogP contribution in [0.3, 0.4) is 0 Å². The summed E-state index contributed by atoms with van der Waals surface area (Å²) in [7, 11) is 0. The molecule has 0 saturated carbocycles. The molecule has 0 bridgehead atoms. The van der Waals surface area contributed by atoms with Crippen LogP contribution in [0, 0.1) is 0 Å². The van der Waals surface area contributed by atoms with Crippen LogP contribution in [-0.4, -0.2) is 19.9 Å². The molecule has 4 nitrogen and oxygen atoms in total. The van der Waals surface area contributed by atoms with Gasteiger partial charge in [-0.15, -0.1) is 11.3 Å². The minimum atomic E-state index is 0.799. The van der Waals surface area contributed by atoms with E-state index in [1.165, 1.54) is 52.5 Å². The number of fused-ring (bicyclic) bond motifs is 11. The predicted octanol–water partition coefficient (Wildman–Crippen LogP) is 12.9. The second-order valence-corrected chi connectivity index (χ2v) is 14.5. The van der Waals surface area contributed by atoms with E-state index in [1.807, 2.05) is 47.7 Å². The van der Waals surface area contributed by atoms with Gasteiger partial charge in [-0.05, 0) is 98.0 Å². The van der Waals surface area contributed by atoms with Gasteiger partial charge in [0.15, 0.2) is 0 Å². The van der Waals surface area contributed by atoms with Crippen molar-refractivity contribution in [2.75, 3.05) is 0 Å². The zero-order valence-electron chi connectivity index (χ0n) is 28.4. The number of thiophene rings is 1. The lowest BCUT2D eigenvalue weighted by Crippen LogP contribution is -1.94. The third kappa shape index (κ3) is 4.82. The molecule has 0 aliphatic rings. The van der Waals surface area contributed by atoms with Gasteiger partial charge in [0.2, 0.25) is 0 Å². The molecule has 246 valence electrons. The van der Waals surface area contributed by atoms with E-state index in [0.29, 0.717) is 0 Å². The van der Waals surface area contributed by atoms with Crippen molar-refractivity contribution in [1.82, 2.24) is 19.9 Å². The molecule has 0 aliphatic heterocycles. The first-order valence-corrected chi connectivity index (χ1v) is 18.5. The Labute approximate surface area is 308 Å². The second-order valence-electron chi connectivity index (χ2n) is 13.4.